The largest absolute Gasteiger partial charge is 0.469 e. The Morgan fingerprint density at radius 1 is 1.65 bits per heavy atom. The number of halogens is 1. The van der Waals surface area contributed by atoms with E-state index in [-0.39, 0.29) is 27.7 Å². The van der Waals surface area contributed by atoms with E-state index in [1.165, 1.54) is 19.2 Å². The van der Waals surface area contributed by atoms with Crippen LogP contribution in [-0.2, 0) is 16.0 Å². The van der Waals surface area contributed by atoms with Crippen molar-refractivity contribution in [2.75, 3.05) is 7.11 Å². The van der Waals surface area contributed by atoms with Crippen LogP contribution in [-0.4, -0.2) is 18.0 Å². The van der Waals surface area contributed by atoms with E-state index in [9.17, 15) is 14.9 Å². The number of nitro benzene ring substituents is 1. The molecule has 1 aromatic carbocycles. The molecule has 0 spiro atoms. The van der Waals surface area contributed by atoms with Crippen molar-refractivity contribution in [2.24, 2.45) is 0 Å². The normalized spacial score (nSPS) is 9.47. The zero-order valence-corrected chi connectivity index (χ0v) is 10.4. The van der Waals surface area contributed by atoms with Crippen LogP contribution < -0.4 is 0 Å². The molecular formula is C10H7BrN2O4. The lowest BCUT2D eigenvalue weighted by Crippen LogP contribution is -2.07. The molecule has 0 aliphatic carbocycles. The van der Waals surface area contributed by atoms with Crippen molar-refractivity contribution in [3.63, 3.8) is 0 Å². The number of nitriles is 1. The smallest absolute Gasteiger partial charge is 0.310 e. The summed E-state index contributed by atoms with van der Waals surface area (Å²) in [6.45, 7) is 0. The number of hydrogen-bond donors (Lipinski definition) is 0. The molecule has 7 heteroatoms. The molecule has 0 bridgehead atoms. The summed E-state index contributed by atoms with van der Waals surface area (Å²) in [5.41, 5.74) is 0.274. The van der Waals surface area contributed by atoms with Gasteiger partial charge in [0.2, 0.25) is 0 Å². The van der Waals surface area contributed by atoms with Gasteiger partial charge in [0.15, 0.2) is 0 Å². The van der Waals surface area contributed by atoms with Crippen LogP contribution in [0.1, 0.15) is 11.1 Å². The van der Waals surface area contributed by atoms with Gasteiger partial charge in [0.05, 0.1) is 24.0 Å². The molecule has 0 aliphatic heterocycles. The second kappa shape index (κ2) is 5.41. The summed E-state index contributed by atoms with van der Waals surface area (Å²) < 4.78 is 4.75. The second-order valence-corrected chi connectivity index (χ2v) is 3.94. The van der Waals surface area contributed by atoms with Gasteiger partial charge in [0.25, 0.3) is 5.69 Å². The third-order valence-corrected chi connectivity index (χ3v) is 2.67. The van der Waals surface area contributed by atoms with Crippen molar-refractivity contribution >= 4 is 27.6 Å². The molecule has 0 atom stereocenters. The van der Waals surface area contributed by atoms with Crippen molar-refractivity contribution in [3.05, 3.63) is 37.8 Å². The number of benzene rings is 1. The van der Waals surface area contributed by atoms with Gasteiger partial charge in [-0.05, 0) is 21.5 Å². The number of methoxy groups -OCH3 is 1. The number of nitro groups is 1. The Bertz CT molecular complexity index is 522. The molecule has 6 nitrogen and oxygen atoms in total. The van der Waals surface area contributed by atoms with E-state index in [0.717, 1.165) is 0 Å². The number of esters is 1. The zero-order chi connectivity index (χ0) is 13.0. The third kappa shape index (κ3) is 3.01. The predicted molar refractivity (Wildman–Crippen MR) is 61.2 cm³/mol. The molecule has 0 N–H and O–H groups in total. The summed E-state index contributed by atoms with van der Waals surface area (Å²) in [4.78, 5) is 21.2. The first-order chi connectivity index (χ1) is 7.99. The standard InChI is InChI=1S/C10H7BrN2O4/c1-17-10(14)3-6-2-7(13(15)16)4-9(11)8(6)5-12/h2,4H,3H2,1H3. The fourth-order valence-corrected chi connectivity index (χ4v) is 1.82. The summed E-state index contributed by atoms with van der Waals surface area (Å²) in [5, 5.41) is 19.6. The van der Waals surface area contributed by atoms with Crippen LogP contribution >= 0.6 is 15.9 Å². The molecule has 0 saturated heterocycles. The SMILES string of the molecule is COC(=O)Cc1cc([N+](=O)[O-])cc(Br)c1C#N. The predicted octanol–water partition coefficient (Wildman–Crippen LogP) is 1.94. The van der Waals surface area contributed by atoms with Gasteiger partial charge in [-0.3, -0.25) is 14.9 Å². The molecule has 0 aliphatic rings. The first-order valence-electron chi connectivity index (χ1n) is 4.43. The molecule has 1 aromatic rings. The van der Waals surface area contributed by atoms with Gasteiger partial charge in [-0.1, -0.05) is 0 Å². The monoisotopic (exact) mass is 298 g/mol. The highest BCUT2D eigenvalue weighted by Gasteiger charge is 2.17. The number of hydrogen-bond acceptors (Lipinski definition) is 5. The van der Waals surface area contributed by atoms with E-state index < -0.39 is 10.9 Å². The lowest BCUT2D eigenvalue weighted by atomic mass is 10.0. The van der Waals surface area contributed by atoms with Gasteiger partial charge < -0.3 is 4.74 Å². The number of rotatable bonds is 3. The summed E-state index contributed by atoms with van der Waals surface area (Å²) >= 11 is 3.06. The molecule has 0 saturated carbocycles. The fraction of sp³-hybridized carbons (Fsp3) is 0.200. The Morgan fingerprint density at radius 2 is 2.29 bits per heavy atom. The molecule has 0 aromatic heterocycles. The van der Waals surface area contributed by atoms with Gasteiger partial charge in [0.1, 0.15) is 6.07 Å². The van der Waals surface area contributed by atoms with Crippen LogP contribution in [0.15, 0.2) is 16.6 Å². The maximum absolute atomic E-state index is 11.1. The number of carbonyl (C=O) groups is 1. The number of carbonyl (C=O) groups excluding carboxylic acids is 1. The van der Waals surface area contributed by atoms with Crippen molar-refractivity contribution in [1.29, 1.82) is 5.26 Å². The van der Waals surface area contributed by atoms with Crippen molar-refractivity contribution in [2.45, 2.75) is 6.42 Å². The molecular weight excluding hydrogens is 292 g/mol. The van der Waals surface area contributed by atoms with Crippen LogP contribution in [0.3, 0.4) is 0 Å². The Hall–Kier alpha value is -1.94. The van der Waals surface area contributed by atoms with Crippen molar-refractivity contribution in [1.82, 2.24) is 0 Å². The lowest BCUT2D eigenvalue weighted by Gasteiger charge is -2.04. The summed E-state index contributed by atoms with van der Waals surface area (Å²) in [6.07, 6.45) is -0.181. The number of nitrogens with zero attached hydrogens (tertiary/aromatic N) is 2. The molecule has 17 heavy (non-hydrogen) atoms. The molecule has 0 fully saturated rings. The van der Waals surface area contributed by atoms with E-state index in [2.05, 4.69) is 20.7 Å². The summed E-state index contributed by atoms with van der Waals surface area (Å²) in [5.74, 6) is -0.561. The van der Waals surface area contributed by atoms with E-state index in [4.69, 9.17) is 5.26 Å². The van der Waals surface area contributed by atoms with Gasteiger partial charge in [-0.2, -0.15) is 5.26 Å². The first kappa shape index (κ1) is 13.1. The molecule has 0 radical (unpaired) electrons. The lowest BCUT2D eigenvalue weighted by molar-refractivity contribution is -0.385. The van der Waals surface area contributed by atoms with E-state index in [1.54, 1.807) is 0 Å². The van der Waals surface area contributed by atoms with E-state index in [0.29, 0.717) is 0 Å². The van der Waals surface area contributed by atoms with Crippen LogP contribution in [0, 0.1) is 21.4 Å². The molecule has 0 heterocycles. The minimum Gasteiger partial charge on any atom is -0.469 e. The summed E-state index contributed by atoms with van der Waals surface area (Å²) in [6, 6.07) is 4.30. The van der Waals surface area contributed by atoms with Crippen molar-refractivity contribution < 1.29 is 14.5 Å². The van der Waals surface area contributed by atoms with Gasteiger partial charge in [-0.25, -0.2) is 0 Å². The Morgan fingerprint density at radius 3 is 2.76 bits per heavy atom. The van der Waals surface area contributed by atoms with Crippen LogP contribution in [0.25, 0.3) is 0 Å². The zero-order valence-electron chi connectivity index (χ0n) is 8.77. The average molecular weight is 299 g/mol. The maximum atomic E-state index is 11.1. The minimum atomic E-state index is -0.591. The Balaban J connectivity index is 3.30. The van der Waals surface area contributed by atoms with Crippen LogP contribution in [0.2, 0.25) is 0 Å². The van der Waals surface area contributed by atoms with E-state index >= 15 is 0 Å². The highest BCUT2D eigenvalue weighted by atomic mass is 79.9. The quantitative estimate of drug-likeness (QED) is 0.483. The Labute approximate surface area is 105 Å². The van der Waals surface area contributed by atoms with Crippen LogP contribution in [0.4, 0.5) is 5.69 Å². The number of non-ortho nitro benzene ring substituents is 1. The first-order valence-corrected chi connectivity index (χ1v) is 5.22. The minimum absolute atomic E-state index is 0.181. The Kier molecular flexibility index (Phi) is 4.17. The van der Waals surface area contributed by atoms with Crippen LogP contribution in [0.5, 0.6) is 0 Å². The second-order valence-electron chi connectivity index (χ2n) is 3.08. The van der Waals surface area contributed by atoms with Gasteiger partial charge in [-0.15, -0.1) is 0 Å². The highest BCUT2D eigenvalue weighted by molar-refractivity contribution is 9.10. The fourth-order valence-electron chi connectivity index (χ4n) is 1.25. The molecule has 88 valence electrons. The highest BCUT2D eigenvalue weighted by Crippen LogP contribution is 2.27. The third-order valence-electron chi connectivity index (χ3n) is 2.04. The topological polar surface area (TPSA) is 93.2 Å². The van der Waals surface area contributed by atoms with E-state index in [1.807, 2.05) is 6.07 Å². The molecule has 0 unspecified atom stereocenters. The van der Waals surface area contributed by atoms with Gasteiger partial charge >= 0.3 is 5.97 Å². The molecule has 1 rings (SSSR count). The van der Waals surface area contributed by atoms with Crippen molar-refractivity contribution in [3.8, 4) is 6.07 Å². The molecule has 0 amide bonds. The average Bonchev–Trinajstić information content (AvgIpc) is 2.28. The number of ether oxygens (including phenoxy) is 1. The maximum Gasteiger partial charge on any atom is 0.310 e. The summed E-state index contributed by atoms with van der Waals surface area (Å²) in [7, 11) is 1.21. The van der Waals surface area contributed by atoms with Gasteiger partial charge in [0, 0.05) is 16.6 Å².